The van der Waals surface area contributed by atoms with Crippen molar-refractivity contribution in [2.45, 2.75) is 46.1 Å². The number of aromatic nitrogens is 2. The van der Waals surface area contributed by atoms with Crippen LogP contribution in [0.1, 0.15) is 36.2 Å². The van der Waals surface area contributed by atoms with Crippen LogP contribution in [-0.2, 0) is 17.8 Å². The van der Waals surface area contributed by atoms with Crippen LogP contribution in [0.2, 0.25) is 5.02 Å². The predicted octanol–water partition coefficient (Wildman–Crippen LogP) is 6.29. The standard InChI is InChI=1S/C30H34ClN3O3/c1-22-15-16-23(2)28(20-22)37-21-30(35)32-17-9-3-4-14-29-33-25-11-6-7-12-26(25)34(29)18-19-36-27-13-8-5-10-24(27)31/h5-8,10-13,15-16,20H,3-4,9,14,17-19,21H2,1-2H3,(H,32,35). The summed E-state index contributed by atoms with van der Waals surface area (Å²) in [4.78, 5) is 17.0. The molecule has 1 aromatic heterocycles. The van der Waals surface area contributed by atoms with Crippen molar-refractivity contribution in [1.29, 1.82) is 0 Å². The minimum atomic E-state index is -0.0961. The fourth-order valence-electron chi connectivity index (χ4n) is 4.24. The number of amides is 1. The highest BCUT2D eigenvalue weighted by atomic mass is 35.5. The number of carbonyl (C=O) groups is 1. The second kappa shape index (κ2) is 13.2. The molecule has 0 atom stereocenters. The van der Waals surface area contributed by atoms with Crippen LogP contribution in [0.15, 0.2) is 66.7 Å². The summed E-state index contributed by atoms with van der Waals surface area (Å²) in [6.07, 6.45) is 3.76. The number of benzene rings is 3. The van der Waals surface area contributed by atoms with Gasteiger partial charge in [0.1, 0.15) is 23.9 Å². The van der Waals surface area contributed by atoms with Gasteiger partial charge in [-0.3, -0.25) is 4.79 Å². The number of carbonyl (C=O) groups excluding carboxylic acids is 1. The monoisotopic (exact) mass is 519 g/mol. The van der Waals surface area contributed by atoms with Crippen LogP contribution in [0.3, 0.4) is 0 Å². The summed E-state index contributed by atoms with van der Waals surface area (Å²) in [5, 5.41) is 3.57. The Labute approximate surface area is 223 Å². The van der Waals surface area contributed by atoms with Crippen LogP contribution in [-0.4, -0.2) is 35.2 Å². The molecule has 194 valence electrons. The highest BCUT2D eigenvalue weighted by Crippen LogP contribution is 2.24. The molecule has 0 radical (unpaired) electrons. The van der Waals surface area contributed by atoms with Gasteiger partial charge in [-0.15, -0.1) is 0 Å². The molecule has 4 rings (SSSR count). The van der Waals surface area contributed by atoms with Crippen LogP contribution in [0.5, 0.6) is 11.5 Å². The zero-order valence-electron chi connectivity index (χ0n) is 21.5. The highest BCUT2D eigenvalue weighted by Gasteiger charge is 2.11. The Hall–Kier alpha value is -3.51. The molecule has 0 aliphatic heterocycles. The average Bonchev–Trinajstić information content (AvgIpc) is 3.25. The lowest BCUT2D eigenvalue weighted by atomic mass is 10.1. The second-order valence-corrected chi connectivity index (χ2v) is 9.57. The van der Waals surface area contributed by atoms with E-state index in [1.54, 1.807) is 0 Å². The molecule has 3 aromatic carbocycles. The third kappa shape index (κ3) is 7.49. The van der Waals surface area contributed by atoms with Gasteiger partial charge in [0.25, 0.3) is 5.91 Å². The number of rotatable bonds is 13. The number of aryl methyl sites for hydroxylation is 3. The summed E-state index contributed by atoms with van der Waals surface area (Å²) in [6, 6.07) is 21.7. The maximum atomic E-state index is 12.2. The lowest BCUT2D eigenvalue weighted by molar-refractivity contribution is -0.123. The molecule has 0 spiro atoms. The van der Waals surface area contributed by atoms with E-state index < -0.39 is 0 Å². The van der Waals surface area contributed by atoms with E-state index in [9.17, 15) is 4.79 Å². The predicted molar refractivity (Wildman–Crippen MR) is 149 cm³/mol. The third-order valence-electron chi connectivity index (χ3n) is 6.24. The van der Waals surface area contributed by atoms with Crippen molar-refractivity contribution in [3.05, 3.63) is 88.7 Å². The van der Waals surface area contributed by atoms with E-state index in [1.807, 2.05) is 74.5 Å². The maximum Gasteiger partial charge on any atom is 0.257 e. The molecule has 0 saturated carbocycles. The first-order chi connectivity index (χ1) is 18.0. The quantitative estimate of drug-likeness (QED) is 0.211. The van der Waals surface area contributed by atoms with Gasteiger partial charge in [0.15, 0.2) is 6.61 Å². The van der Waals surface area contributed by atoms with Gasteiger partial charge in [-0.1, -0.05) is 54.4 Å². The minimum absolute atomic E-state index is 0.0323. The molecule has 1 heterocycles. The van der Waals surface area contributed by atoms with Gasteiger partial charge in [0, 0.05) is 13.0 Å². The molecule has 1 amide bonds. The molecular formula is C30H34ClN3O3. The van der Waals surface area contributed by atoms with Crippen LogP contribution in [0, 0.1) is 13.8 Å². The van der Waals surface area contributed by atoms with E-state index in [0.29, 0.717) is 30.5 Å². The summed E-state index contributed by atoms with van der Waals surface area (Å²) in [5.74, 6) is 2.41. The lowest BCUT2D eigenvalue weighted by Crippen LogP contribution is -2.29. The summed E-state index contributed by atoms with van der Waals surface area (Å²) in [7, 11) is 0. The molecule has 0 aliphatic rings. The fourth-order valence-corrected chi connectivity index (χ4v) is 4.43. The van der Waals surface area contributed by atoms with Crippen LogP contribution >= 0.6 is 11.6 Å². The van der Waals surface area contributed by atoms with Gasteiger partial charge in [0.2, 0.25) is 0 Å². The summed E-state index contributed by atoms with van der Waals surface area (Å²) < 4.78 is 13.8. The zero-order valence-corrected chi connectivity index (χ0v) is 22.3. The largest absolute Gasteiger partial charge is 0.490 e. The molecule has 7 heteroatoms. The van der Waals surface area contributed by atoms with Gasteiger partial charge in [0.05, 0.1) is 22.6 Å². The Morgan fingerprint density at radius 3 is 2.62 bits per heavy atom. The van der Waals surface area contributed by atoms with Crippen LogP contribution in [0.25, 0.3) is 11.0 Å². The number of halogens is 1. The normalized spacial score (nSPS) is 11.0. The van der Waals surface area contributed by atoms with Crippen LogP contribution in [0.4, 0.5) is 0 Å². The van der Waals surface area contributed by atoms with Gasteiger partial charge in [-0.05, 0) is 68.1 Å². The summed E-state index contributed by atoms with van der Waals surface area (Å²) in [6.45, 7) is 5.86. The second-order valence-electron chi connectivity index (χ2n) is 9.17. The molecule has 0 aliphatic carbocycles. The molecule has 1 N–H and O–H groups in total. The minimum Gasteiger partial charge on any atom is -0.490 e. The Bertz CT molecular complexity index is 1330. The molecule has 0 unspecified atom stereocenters. The number of ether oxygens (including phenoxy) is 2. The van der Waals surface area contributed by atoms with Crippen LogP contribution < -0.4 is 14.8 Å². The number of hydrogen-bond donors (Lipinski definition) is 1. The van der Waals surface area contributed by atoms with E-state index in [2.05, 4.69) is 16.0 Å². The Kier molecular flexibility index (Phi) is 9.44. The van der Waals surface area contributed by atoms with Crippen molar-refractivity contribution >= 4 is 28.5 Å². The van der Waals surface area contributed by atoms with Crippen molar-refractivity contribution in [3.8, 4) is 11.5 Å². The molecule has 0 bridgehead atoms. The Morgan fingerprint density at radius 1 is 0.946 bits per heavy atom. The number of unbranched alkanes of at least 4 members (excludes halogenated alkanes) is 2. The fraction of sp³-hybridized carbons (Fsp3) is 0.333. The number of para-hydroxylation sites is 3. The first-order valence-electron chi connectivity index (χ1n) is 12.8. The maximum absolute atomic E-state index is 12.2. The number of fused-ring (bicyclic) bond motifs is 1. The van der Waals surface area contributed by atoms with Gasteiger partial charge < -0.3 is 19.4 Å². The Morgan fingerprint density at radius 2 is 1.76 bits per heavy atom. The van der Waals surface area contributed by atoms with E-state index in [1.165, 1.54) is 0 Å². The third-order valence-corrected chi connectivity index (χ3v) is 6.56. The first kappa shape index (κ1) is 26.6. The topological polar surface area (TPSA) is 65.4 Å². The smallest absolute Gasteiger partial charge is 0.257 e. The first-order valence-corrected chi connectivity index (χ1v) is 13.2. The van der Waals surface area contributed by atoms with Gasteiger partial charge in [-0.2, -0.15) is 0 Å². The van der Waals surface area contributed by atoms with Crippen molar-refractivity contribution in [2.24, 2.45) is 0 Å². The van der Waals surface area contributed by atoms with Gasteiger partial charge >= 0.3 is 0 Å². The Balaban J connectivity index is 1.21. The average molecular weight is 520 g/mol. The molecule has 4 aromatic rings. The van der Waals surface area contributed by atoms with E-state index >= 15 is 0 Å². The molecule has 37 heavy (non-hydrogen) atoms. The number of nitrogens with zero attached hydrogens (tertiary/aromatic N) is 2. The van der Waals surface area contributed by atoms with E-state index in [4.69, 9.17) is 26.1 Å². The molecule has 6 nitrogen and oxygen atoms in total. The van der Waals surface area contributed by atoms with Crippen molar-refractivity contribution < 1.29 is 14.3 Å². The number of imidazole rings is 1. The molecular weight excluding hydrogens is 486 g/mol. The molecule has 0 fully saturated rings. The SMILES string of the molecule is Cc1ccc(C)c(OCC(=O)NCCCCCc2nc3ccccc3n2CCOc2ccccc2Cl)c1. The highest BCUT2D eigenvalue weighted by molar-refractivity contribution is 6.32. The van der Waals surface area contributed by atoms with E-state index in [0.717, 1.165) is 59.4 Å². The number of nitrogens with one attached hydrogen (secondary N) is 1. The van der Waals surface area contributed by atoms with E-state index in [-0.39, 0.29) is 12.5 Å². The van der Waals surface area contributed by atoms with Crippen molar-refractivity contribution in [3.63, 3.8) is 0 Å². The zero-order chi connectivity index (χ0) is 26.0. The summed E-state index contributed by atoms with van der Waals surface area (Å²) >= 11 is 6.22. The van der Waals surface area contributed by atoms with Crippen molar-refractivity contribution in [1.82, 2.24) is 14.9 Å². The van der Waals surface area contributed by atoms with Crippen molar-refractivity contribution in [2.75, 3.05) is 19.8 Å². The van der Waals surface area contributed by atoms with Gasteiger partial charge in [-0.25, -0.2) is 4.98 Å². The number of hydrogen-bond acceptors (Lipinski definition) is 4. The lowest BCUT2D eigenvalue weighted by Gasteiger charge is -2.12. The molecule has 0 saturated heterocycles. The summed E-state index contributed by atoms with van der Waals surface area (Å²) in [5.41, 5.74) is 4.24.